The zero-order valence-corrected chi connectivity index (χ0v) is 20.8. The van der Waals surface area contributed by atoms with Crippen molar-refractivity contribution < 1.29 is 9.84 Å². The van der Waals surface area contributed by atoms with Crippen molar-refractivity contribution in [2.75, 3.05) is 19.6 Å². The van der Waals surface area contributed by atoms with Gasteiger partial charge in [0.1, 0.15) is 5.75 Å². The van der Waals surface area contributed by atoms with Crippen molar-refractivity contribution in [3.8, 4) is 5.75 Å². The van der Waals surface area contributed by atoms with E-state index in [4.69, 9.17) is 4.74 Å². The number of aliphatic imine (C=N–C) groups is 1. The largest absolute Gasteiger partial charge is 0.491 e. The number of aromatic nitrogens is 1. The molecule has 1 heterocycles. The number of halogens is 1. The predicted molar refractivity (Wildman–Crippen MR) is 132 cm³/mol. The van der Waals surface area contributed by atoms with Gasteiger partial charge in [0.2, 0.25) is 0 Å². The Morgan fingerprint density at radius 2 is 2.10 bits per heavy atom. The fourth-order valence-corrected chi connectivity index (χ4v) is 3.47. The highest BCUT2D eigenvalue weighted by Crippen LogP contribution is 2.20. The van der Waals surface area contributed by atoms with E-state index >= 15 is 0 Å². The summed E-state index contributed by atoms with van der Waals surface area (Å²) in [5.41, 5.74) is 1.89. The highest BCUT2D eigenvalue weighted by atomic mass is 127. The lowest BCUT2D eigenvalue weighted by Crippen LogP contribution is -2.38. The van der Waals surface area contributed by atoms with Crippen molar-refractivity contribution in [2.45, 2.75) is 52.7 Å². The number of aryl methyl sites for hydroxylation is 2. The summed E-state index contributed by atoms with van der Waals surface area (Å²) in [6, 6.07) is 7.55. The predicted octanol–water partition coefficient (Wildman–Crippen LogP) is 4.08. The number of nitrogens with zero attached hydrogens (tertiary/aromatic N) is 2. The van der Waals surface area contributed by atoms with Crippen molar-refractivity contribution in [1.29, 1.82) is 0 Å². The first-order valence-corrected chi connectivity index (χ1v) is 10.7. The molecular formula is C21H33IN4O2S. The van der Waals surface area contributed by atoms with E-state index in [1.54, 1.807) is 11.3 Å². The van der Waals surface area contributed by atoms with Crippen LogP contribution in [0.15, 0.2) is 34.6 Å². The number of benzene rings is 1. The van der Waals surface area contributed by atoms with Crippen LogP contribution in [0.25, 0.3) is 0 Å². The van der Waals surface area contributed by atoms with Crippen LogP contribution in [-0.2, 0) is 6.42 Å². The van der Waals surface area contributed by atoms with Crippen LogP contribution in [0.4, 0.5) is 0 Å². The molecule has 0 spiro atoms. The first kappa shape index (κ1) is 25.6. The van der Waals surface area contributed by atoms with E-state index in [2.05, 4.69) is 26.0 Å². The van der Waals surface area contributed by atoms with Crippen LogP contribution in [0.1, 0.15) is 49.6 Å². The SMILES string of the molecule is CCNC(=NCC(O)c1cccc(OC(C)C)c1)NCCCc1nc(C)cs1.I. The van der Waals surface area contributed by atoms with E-state index in [1.165, 1.54) is 5.01 Å². The van der Waals surface area contributed by atoms with E-state index in [1.807, 2.05) is 52.0 Å². The van der Waals surface area contributed by atoms with Crippen LogP contribution in [-0.4, -0.2) is 41.8 Å². The third-order valence-electron chi connectivity index (χ3n) is 3.91. The van der Waals surface area contributed by atoms with Crippen molar-refractivity contribution in [3.05, 3.63) is 45.9 Å². The minimum atomic E-state index is -0.676. The molecule has 6 nitrogen and oxygen atoms in total. The number of aliphatic hydroxyl groups is 1. The molecule has 0 radical (unpaired) electrons. The van der Waals surface area contributed by atoms with Gasteiger partial charge >= 0.3 is 0 Å². The second-order valence-corrected chi connectivity index (χ2v) is 7.83. The molecule has 0 aliphatic rings. The molecule has 1 atom stereocenters. The first-order chi connectivity index (χ1) is 13.5. The molecule has 0 saturated heterocycles. The quantitative estimate of drug-likeness (QED) is 0.186. The fraction of sp³-hybridized carbons (Fsp3) is 0.524. The third kappa shape index (κ3) is 9.77. The molecule has 0 aliphatic heterocycles. The van der Waals surface area contributed by atoms with Crippen molar-refractivity contribution >= 4 is 41.3 Å². The maximum Gasteiger partial charge on any atom is 0.191 e. The molecule has 2 rings (SSSR count). The first-order valence-electron chi connectivity index (χ1n) is 9.85. The summed E-state index contributed by atoms with van der Waals surface area (Å²) in [5, 5.41) is 20.3. The van der Waals surface area contributed by atoms with Gasteiger partial charge < -0.3 is 20.5 Å². The summed E-state index contributed by atoms with van der Waals surface area (Å²) in [6.07, 6.45) is 1.36. The average Bonchev–Trinajstić information content (AvgIpc) is 3.07. The second-order valence-electron chi connectivity index (χ2n) is 6.89. The smallest absolute Gasteiger partial charge is 0.191 e. The Balaban J connectivity index is 0.00000420. The van der Waals surface area contributed by atoms with Crippen LogP contribution in [0.3, 0.4) is 0 Å². The number of thiazole rings is 1. The minimum Gasteiger partial charge on any atom is -0.491 e. The summed E-state index contributed by atoms with van der Waals surface area (Å²) in [4.78, 5) is 9.00. The molecule has 0 saturated carbocycles. The molecule has 0 bridgehead atoms. The number of rotatable bonds is 10. The van der Waals surface area contributed by atoms with Gasteiger partial charge in [-0.3, -0.25) is 4.99 Å². The van der Waals surface area contributed by atoms with Gasteiger partial charge in [0, 0.05) is 30.6 Å². The van der Waals surface area contributed by atoms with E-state index in [9.17, 15) is 5.11 Å². The Hall–Kier alpha value is -1.39. The van der Waals surface area contributed by atoms with E-state index in [0.717, 1.165) is 42.9 Å². The zero-order valence-electron chi connectivity index (χ0n) is 17.6. The number of guanidine groups is 1. The Morgan fingerprint density at radius 3 is 2.76 bits per heavy atom. The van der Waals surface area contributed by atoms with E-state index in [0.29, 0.717) is 5.96 Å². The summed E-state index contributed by atoms with van der Waals surface area (Å²) in [6.45, 7) is 9.87. The molecule has 1 aromatic heterocycles. The molecular weight excluding hydrogens is 499 g/mol. The van der Waals surface area contributed by atoms with Crippen LogP contribution >= 0.6 is 35.3 Å². The summed E-state index contributed by atoms with van der Waals surface area (Å²) in [7, 11) is 0. The van der Waals surface area contributed by atoms with Crippen LogP contribution in [0, 0.1) is 6.92 Å². The van der Waals surface area contributed by atoms with Gasteiger partial charge in [-0.05, 0) is 51.8 Å². The Morgan fingerprint density at radius 1 is 1.31 bits per heavy atom. The Labute approximate surface area is 195 Å². The van der Waals surface area contributed by atoms with Crippen molar-refractivity contribution in [1.82, 2.24) is 15.6 Å². The number of nitrogens with one attached hydrogen (secondary N) is 2. The van der Waals surface area contributed by atoms with Crippen LogP contribution in [0.2, 0.25) is 0 Å². The average molecular weight is 532 g/mol. The monoisotopic (exact) mass is 532 g/mol. The van der Waals surface area contributed by atoms with E-state index < -0.39 is 6.10 Å². The third-order valence-corrected chi connectivity index (χ3v) is 4.93. The fourth-order valence-electron chi connectivity index (χ4n) is 2.66. The topological polar surface area (TPSA) is 78.8 Å². The van der Waals surface area contributed by atoms with Gasteiger partial charge in [0.05, 0.1) is 23.8 Å². The lowest BCUT2D eigenvalue weighted by molar-refractivity contribution is 0.185. The lowest BCUT2D eigenvalue weighted by atomic mass is 10.1. The van der Waals surface area contributed by atoms with Gasteiger partial charge in [-0.1, -0.05) is 12.1 Å². The molecule has 0 fully saturated rings. The normalized spacial score (nSPS) is 12.4. The Bertz CT molecular complexity index is 752. The number of hydrogen-bond acceptors (Lipinski definition) is 5. The number of hydrogen-bond donors (Lipinski definition) is 3. The van der Waals surface area contributed by atoms with E-state index in [-0.39, 0.29) is 36.6 Å². The van der Waals surface area contributed by atoms with Crippen LogP contribution in [0.5, 0.6) is 5.75 Å². The molecule has 2 aromatic rings. The molecule has 0 amide bonds. The zero-order chi connectivity index (χ0) is 20.4. The van der Waals surface area contributed by atoms with Crippen molar-refractivity contribution in [2.24, 2.45) is 4.99 Å². The van der Waals surface area contributed by atoms with Gasteiger partial charge in [-0.25, -0.2) is 4.98 Å². The summed E-state index contributed by atoms with van der Waals surface area (Å²) >= 11 is 1.71. The summed E-state index contributed by atoms with van der Waals surface area (Å²) < 4.78 is 5.70. The standard InChI is InChI=1S/C21H32N4O2S.HI/c1-5-22-21(23-11-7-10-20-25-16(4)14-28-20)24-13-19(26)17-8-6-9-18(12-17)27-15(2)3;/h6,8-9,12,14-15,19,26H,5,7,10-11,13H2,1-4H3,(H2,22,23,24);1H. The highest BCUT2D eigenvalue weighted by Gasteiger charge is 2.09. The molecule has 1 aromatic carbocycles. The molecule has 8 heteroatoms. The molecule has 0 aliphatic carbocycles. The second kappa shape index (κ2) is 13.8. The number of aliphatic hydroxyl groups excluding tert-OH is 1. The number of ether oxygens (including phenoxy) is 1. The maximum absolute atomic E-state index is 10.5. The van der Waals surface area contributed by atoms with Gasteiger partial charge in [-0.15, -0.1) is 35.3 Å². The lowest BCUT2D eigenvalue weighted by Gasteiger charge is -2.15. The minimum absolute atomic E-state index is 0. The van der Waals surface area contributed by atoms with Crippen LogP contribution < -0.4 is 15.4 Å². The van der Waals surface area contributed by atoms with Gasteiger partial charge in [0.15, 0.2) is 5.96 Å². The summed E-state index contributed by atoms with van der Waals surface area (Å²) in [5.74, 6) is 1.48. The van der Waals surface area contributed by atoms with Gasteiger partial charge in [-0.2, -0.15) is 0 Å². The molecule has 29 heavy (non-hydrogen) atoms. The molecule has 1 unspecified atom stereocenters. The highest BCUT2D eigenvalue weighted by molar-refractivity contribution is 14.0. The molecule has 162 valence electrons. The van der Waals surface area contributed by atoms with Gasteiger partial charge in [0.25, 0.3) is 0 Å². The Kier molecular flexibility index (Phi) is 12.2. The maximum atomic E-state index is 10.5. The van der Waals surface area contributed by atoms with Crippen molar-refractivity contribution in [3.63, 3.8) is 0 Å². The molecule has 3 N–H and O–H groups in total.